The minimum atomic E-state index is -1.72. The van der Waals surface area contributed by atoms with Gasteiger partial charge >= 0.3 is 0 Å². The second-order valence-corrected chi connectivity index (χ2v) is 4.32. The van der Waals surface area contributed by atoms with Crippen molar-refractivity contribution in [2.24, 2.45) is 5.73 Å². The molecule has 4 N–H and O–H groups in total. The Morgan fingerprint density at radius 1 is 1.39 bits per heavy atom. The molecule has 1 saturated carbocycles. The highest BCUT2D eigenvalue weighted by molar-refractivity contribution is 5.95. The van der Waals surface area contributed by atoms with E-state index in [9.17, 15) is 18.0 Å². The average Bonchev–Trinajstić information content (AvgIpc) is 3.11. The molecule has 0 aromatic heterocycles. The van der Waals surface area contributed by atoms with Gasteiger partial charge in [-0.1, -0.05) is 0 Å². The largest absolute Gasteiger partial charge is 0.503 e. The highest BCUT2D eigenvalue weighted by Gasteiger charge is 2.43. The van der Waals surface area contributed by atoms with E-state index in [2.05, 4.69) is 5.32 Å². The van der Waals surface area contributed by atoms with Gasteiger partial charge in [-0.3, -0.25) is 4.79 Å². The van der Waals surface area contributed by atoms with E-state index < -0.39 is 40.2 Å². The molecule has 1 aromatic rings. The van der Waals surface area contributed by atoms with E-state index in [0.717, 1.165) is 0 Å². The maximum atomic E-state index is 13.4. The summed E-state index contributed by atoms with van der Waals surface area (Å²) in [4.78, 5) is 11.7. The SMILES string of the molecule is NCC1(NC(=O)c2cc(F)c(F)c(O)c2F)CC1. The van der Waals surface area contributed by atoms with Gasteiger partial charge in [-0.15, -0.1) is 0 Å². The first kappa shape index (κ1) is 12.7. The topological polar surface area (TPSA) is 75.3 Å². The van der Waals surface area contributed by atoms with Crippen LogP contribution in [0.15, 0.2) is 6.07 Å². The number of amides is 1. The molecule has 1 aliphatic carbocycles. The molecule has 2 rings (SSSR count). The quantitative estimate of drug-likeness (QED) is 0.710. The number of rotatable bonds is 3. The van der Waals surface area contributed by atoms with Crippen LogP contribution >= 0.6 is 0 Å². The smallest absolute Gasteiger partial charge is 0.254 e. The molecule has 0 heterocycles. The number of halogens is 3. The van der Waals surface area contributed by atoms with Gasteiger partial charge in [0.2, 0.25) is 5.82 Å². The summed E-state index contributed by atoms with van der Waals surface area (Å²) in [6.45, 7) is 0.177. The van der Waals surface area contributed by atoms with Crippen LogP contribution in [0.2, 0.25) is 0 Å². The van der Waals surface area contributed by atoms with E-state index in [-0.39, 0.29) is 6.54 Å². The Kier molecular flexibility index (Phi) is 2.94. The Hall–Kier alpha value is -1.76. The summed E-state index contributed by atoms with van der Waals surface area (Å²) >= 11 is 0. The summed E-state index contributed by atoms with van der Waals surface area (Å²) in [5.41, 5.74) is 4.09. The van der Waals surface area contributed by atoms with Gasteiger partial charge in [-0.2, -0.15) is 4.39 Å². The van der Waals surface area contributed by atoms with E-state index in [1.54, 1.807) is 0 Å². The second-order valence-electron chi connectivity index (χ2n) is 4.32. The Morgan fingerprint density at radius 2 is 2.00 bits per heavy atom. The van der Waals surface area contributed by atoms with Crippen molar-refractivity contribution >= 4 is 5.91 Å². The number of hydrogen-bond donors (Lipinski definition) is 3. The van der Waals surface area contributed by atoms with Crippen molar-refractivity contribution < 1.29 is 23.1 Å². The van der Waals surface area contributed by atoms with Gasteiger partial charge < -0.3 is 16.2 Å². The van der Waals surface area contributed by atoms with Crippen molar-refractivity contribution in [3.8, 4) is 5.75 Å². The van der Waals surface area contributed by atoms with Gasteiger partial charge in [0.15, 0.2) is 17.4 Å². The van der Waals surface area contributed by atoms with Gasteiger partial charge in [0.25, 0.3) is 5.91 Å². The molecule has 0 radical (unpaired) electrons. The fourth-order valence-corrected chi connectivity index (χ4v) is 1.59. The number of carbonyl (C=O) groups is 1. The van der Waals surface area contributed by atoms with Gasteiger partial charge in [0.1, 0.15) is 0 Å². The number of nitrogens with one attached hydrogen (secondary N) is 1. The molecule has 0 bridgehead atoms. The number of hydrogen-bond acceptors (Lipinski definition) is 3. The molecule has 0 spiro atoms. The van der Waals surface area contributed by atoms with E-state index in [0.29, 0.717) is 18.9 Å². The molecule has 1 fully saturated rings. The molecular formula is C11H11F3N2O2. The third kappa shape index (κ3) is 2.01. The molecule has 1 aliphatic rings. The molecule has 4 nitrogen and oxygen atoms in total. The van der Waals surface area contributed by atoms with Crippen LogP contribution in [0, 0.1) is 17.5 Å². The van der Waals surface area contributed by atoms with Crippen LogP contribution in [-0.4, -0.2) is 23.1 Å². The predicted octanol–water partition coefficient (Wildman–Crippen LogP) is 1.03. The predicted molar refractivity (Wildman–Crippen MR) is 56.5 cm³/mol. The van der Waals surface area contributed by atoms with E-state index in [1.165, 1.54) is 0 Å². The minimum Gasteiger partial charge on any atom is -0.503 e. The molecule has 1 aromatic carbocycles. The molecule has 1 amide bonds. The third-order valence-corrected chi connectivity index (χ3v) is 3.00. The normalized spacial score (nSPS) is 16.4. The molecule has 0 unspecified atom stereocenters. The first-order valence-corrected chi connectivity index (χ1v) is 5.29. The van der Waals surface area contributed by atoms with E-state index in [4.69, 9.17) is 10.8 Å². The monoisotopic (exact) mass is 260 g/mol. The molecule has 18 heavy (non-hydrogen) atoms. The lowest BCUT2D eigenvalue weighted by Gasteiger charge is -2.15. The Bertz CT molecular complexity index is 516. The van der Waals surface area contributed by atoms with Gasteiger partial charge in [-0.25, -0.2) is 8.78 Å². The van der Waals surface area contributed by atoms with Crippen LogP contribution in [-0.2, 0) is 0 Å². The Labute approximate surface area is 101 Å². The Balaban J connectivity index is 2.31. The molecule has 7 heteroatoms. The maximum Gasteiger partial charge on any atom is 0.254 e. The fourth-order valence-electron chi connectivity index (χ4n) is 1.59. The molecule has 0 atom stereocenters. The van der Waals surface area contributed by atoms with Crippen molar-refractivity contribution in [3.63, 3.8) is 0 Å². The molecular weight excluding hydrogens is 249 g/mol. The zero-order valence-corrected chi connectivity index (χ0v) is 9.27. The first-order chi connectivity index (χ1) is 8.40. The summed E-state index contributed by atoms with van der Waals surface area (Å²) in [6.07, 6.45) is 1.29. The Morgan fingerprint density at radius 3 is 2.50 bits per heavy atom. The summed E-state index contributed by atoms with van der Waals surface area (Å²) in [5.74, 6) is -7.12. The van der Waals surface area contributed by atoms with Crippen molar-refractivity contribution in [1.29, 1.82) is 0 Å². The number of aromatic hydroxyl groups is 1. The number of phenols is 1. The van der Waals surface area contributed by atoms with Crippen molar-refractivity contribution in [1.82, 2.24) is 5.32 Å². The van der Waals surface area contributed by atoms with Crippen molar-refractivity contribution in [2.45, 2.75) is 18.4 Å². The summed E-state index contributed by atoms with van der Waals surface area (Å²) in [7, 11) is 0. The van der Waals surface area contributed by atoms with Crippen LogP contribution in [0.3, 0.4) is 0 Å². The lowest BCUT2D eigenvalue weighted by molar-refractivity contribution is 0.0927. The molecule has 98 valence electrons. The van der Waals surface area contributed by atoms with Gasteiger partial charge in [0.05, 0.1) is 11.1 Å². The van der Waals surface area contributed by atoms with Crippen LogP contribution in [0.4, 0.5) is 13.2 Å². The summed E-state index contributed by atoms with van der Waals surface area (Å²) in [6, 6.07) is 0.409. The summed E-state index contributed by atoms with van der Waals surface area (Å²) < 4.78 is 39.3. The van der Waals surface area contributed by atoms with Crippen LogP contribution in [0.5, 0.6) is 5.75 Å². The highest BCUT2D eigenvalue weighted by atomic mass is 19.2. The number of benzene rings is 1. The third-order valence-electron chi connectivity index (χ3n) is 3.00. The lowest BCUT2D eigenvalue weighted by Crippen LogP contribution is -2.42. The molecule has 0 aliphatic heterocycles. The van der Waals surface area contributed by atoms with Crippen molar-refractivity contribution in [2.75, 3.05) is 6.54 Å². The highest BCUT2D eigenvalue weighted by Crippen LogP contribution is 2.35. The van der Waals surface area contributed by atoms with E-state index >= 15 is 0 Å². The van der Waals surface area contributed by atoms with Crippen molar-refractivity contribution in [3.05, 3.63) is 29.1 Å². The number of carbonyl (C=O) groups excluding carboxylic acids is 1. The zero-order chi connectivity index (χ0) is 13.5. The summed E-state index contributed by atoms with van der Waals surface area (Å²) in [5, 5.41) is 11.4. The van der Waals surface area contributed by atoms with Crippen LogP contribution < -0.4 is 11.1 Å². The second kappa shape index (κ2) is 4.16. The number of phenolic OH excluding ortho intramolecular Hbond substituents is 1. The standard InChI is InChI=1S/C11H11F3N2O2/c12-6-3-5(7(13)9(17)8(6)14)10(18)16-11(4-15)1-2-11/h3,17H,1-2,4,15H2,(H,16,18). The van der Waals surface area contributed by atoms with Gasteiger partial charge in [-0.05, 0) is 18.9 Å². The number of nitrogens with two attached hydrogens (primary N) is 1. The van der Waals surface area contributed by atoms with Crippen LogP contribution in [0.25, 0.3) is 0 Å². The van der Waals surface area contributed by atoms with Gasteiger partial charge in [0, 0.05) is 6.54 Å². The lowest BCUT2D eigenvalue weighted by atomic mass is 10.1. The first-order valence-electron chi connectivity index (χ1n) is 5.29. The van der Waals surface area contributed by atoms with E-state index in [1.807, 2.05) is 0 Å². The molecule has 0 saturated heterocycles. The fraction of sp³-hybridized carbons (Fsp3) is 0.364. The average molecular weight is 260 g/mol. The minimum absolute atomic E-state index is 0.177. The zero-order valence-electron chi connectivity index (χ0n) is 9.27. The maximum absolute atomic E-state index is 13.4. The van der Waals surface area contributed by atoms with Crippen LogP contribution in [0.1, 0.15) is 23.2 Å².